The van der Waals surface area contributed by atoms with Gasteiger partial charge < -0.3 is 4.90 Å². The summed E-state index contributed by atoms with van der Waals surface area (Å²) in [6.45, 7) is 19.7. The Morgan fingerprint density at radius 3 is 2.29 bits per heavy atom. The first kappa shape index (κ1) is 28.5. The first-order chi connectivity index (χ1) is 17.7. The number of rotatable bonds is 6. The summed E-state index contributed by atoms with van der Waals surface area (Å²) < 4.78 is 0. The highest BCUT2D eigenvalue weighted by Gasteiger charge is 2.52. The molecule has 38 heavy (non-hydrogen) atoms. The van der Waals surface area contributed by atoms with Gasteiger partial charge in [-0.3, -0.25) is 14.8 Å². The lowest BCUT2D eigenvalue weighted by atomic mass is 9.69. The molecule has 2 heterocycles. The molecule has 1 aromatic heterocycles. The highest BCUT2D eigenvalue weighted by atomic mass is 35.5. The van der Waals surface area contributed by atoms with E-state index in [4.69, 9.17) is 16.6 Å². The Morgan fingerprint density at radius 1 is 1.13 bits per heavy atom. The van der Waals surface area contributed by atoms with Gasteiger partial charge in [-0.25, -0.2) is 0 Å². The van der Waals surface area contributed by atoms with E-state index < -0.39 is 5.66 Å². The molecule has 1 unspecified atom stereocenters. The van der Waals surface area contributed by atoms with Crippen molar-refractivity contribution in [3.05, 3.63) is 70.5 Å². The molecule has 1 saturated carbocycles. The predicted octanol–water partition coefficient (Wildman–Crippen LogP) is 8.82. The van der Waals surface area contributed by atoms with Crippen LogP contribution in [0.5, 0.6) is 0 Å². The van der Waals surface area contributed by atoms with Crippen molar-refractivity contribution < 1.29 is 4.79 Å². The minimum Gasteiger partial charge on any atom is -0.305 e. The normalized spacial score (nSPS) is 23.1. The maximum Gasteiger partial charge on any atom is 0.275 e. The maximum atomic E-state index is 14.4. The van der Waals surface area contributed by atoms with Crippen molar-refractivity contribution in [2.75, 3.05) is 0 Å². The molecule has 1 spiro atoms. The zero-order valence-electron chi connectivity index (χ0n) is 24.3. The Balaban J connectivity index is 1.81. The Labute approximate surface area is 234 Å². The predicted molar refractivity (Wildman–Crippen MR) is 159 cm³/mol. The maximum absolute atomic E-state index is 14.4. The minimum absolute atomic E-state index is 0.0112. The van der Waals surface area contributed by atoms with Crippen molar-refractivity contribution in [1.29, 1.82) is 0 Å². The molecular formula is C33H44ClN3O. The summed E-state index contributed by atoms with van der Waals surface area (Å²) in [5.41, 5.74) is 4.02. The second kappa shape index (κ2) is 10.6. The summed E-state index contributed by atoms with van der Waals surface area (Å²) in [5, 5.41) is 0.486. The largest absolute Gasteiger partial charge is 0.305 e. The third-order valence-electron chi connectivity index (χ3n) is 8.48. The van der Waals surface area contributed by atoms with E-state index in [0.717, 1.165) is 38.5 Å². The SMILES string of the molecule is C=Cc1ncc(C2=NC3(CCC(C(C)(C)C)CC3)N(C(CCC(C)(C)C)c3ccc(C)cc3)C2=O)cc1Cl. The van der Waals surface area contributed by atoms with Crippen LogP contribution >= 0.6 is 11.6 Å². The number of aromatic nitrogens is 1. The van der Waals surface area contributed by atoms with E-state index in [2.05, 4.69) is 89.2 Å². The average Bonchev–Trinajstić information content (AvgIpc) is 3.11. The van der Waals surface area contributed by atoms with Crippen molar-refractivity contribution in [3.63, 3.8) is 0 Å². The number of carbonyl (C=O) groups excluding carboxylic acids is 1. The Bertz CT molecular complexity index is 1210. The molecule has 1 fully saturated rings. The van der Waals surface area contributed by atoms with Gasteiger partial charge >= 0.3 is 0 Å². The lowest BCUT2D eigenvalue weighted by molar-refractivity contribution is -0.134. The Morgan fingerprint density at radius 2 is 1.76 bits per heavy atom. The Hall–Kier alpha value is -2.46. The number of amides is 1. The molecule has 5 heteroatoms. The number of hydrogen-bond acceptors (Lipinski definition) is 3. The van der Waals surface area contributed by atoms with Crippen LogP contribution in [0, 0.1) is 23.7 Å². The number of aryl methyl sites for hydroxylation is 1. The summed E-state index contributed by atoms with van der Waals surface area (Å²) in [4.78, 5) is 26.3. The van der Waals surface area contributed by atoms with Gasteiger partial charge in [-0.15, -0.1) is 0 Å². The number of hydrogen-bond donors (Lipinski definition) is 0. The zero-order valence-corrected chi connectivity index (χ0v) is 25.0. The molecule has 204 valence electrons. The average molecular weight is 534 g/mol. The highest BCUT2D eigenvalue weighted by Crippen LogP contribution is 2.50. The van der Waals surface area contributed by atoms with Gasteiger partial charge in [-0.1, -0.05) is 89.6 Å². The van der Waals surface area contributed by atoms with E-state index in [1.807, 2.05) is 6.07 Å². The van der Waals surface area contributed by atoms with Crippen LogP contribution in [0.1, 0.15) is 108 Å². The van der Waals surface area contributed by atoms with Crippen LogP contribution in [0.15, 0.2) is 48.1 Å². The molecule has 2 aliphatic rings. The lowest BCUT2D eigenvalue weighted by Crippen LogP contribution is -2.51. The fourth-order valence-corrected chi connectivity index (χ4v) is 6.31. The Kier molecular flexibility index (Phi) is 7.96. The molecule has 4 rings (SSSR count). The van der Waals surface area contributed by atoms with Gasteiger partial charge in [0.1, 0.15) is 11.4 Å². The lowest BCUT2D eigenvalue weighted by Gasteiger charge is -2.47. The van der Waals surface area contributed by atoms with Crippen LogP contribution < -0.4 is 0 Å². The van der Waals surface area contributed by atoms with Crippen molar-refractivity contribution in [3.8, 4) is 0 Å². The summed E-state index contributed by atoms with van der Waals surface area (Å²) in [6.07, 6.45) is 9.09. The van der Waals surface area contributed by atoms with Crippen LogP contribution in [0.2, 0.25) is 5.02 Å². The van der Waals surface area contributed by atoms with E-state index in [1.54, 1.807) is 12.3 Å². The second-order valence-corrected chi connectivity index (χ2v) is 14.0. The fraction of sp³-hybridized carbons (Fsp3) is 0.545. The molecule has 2 aromatic rings. The van der Waals surface area contributed by atoms with E-state index >= 15 is 0 Å². The van der Waals surface area contributed by atoms with Gasteiger partial charge in [-0.05, 0) is 79.9 Å². The molecule has 1 aliphatic heterocycles. The zero-order chi connectivity index (χ0) is 27.9. The van der Waals surface area contributed by atoms with Gasteiger partial charge in [0.15, 0.2) is 0 Å². The van der Waals surface area contributed by atoms with Gasteiger partial charge in [0.2, 0.25) is 0 Å². The number of aliphatic imine (C=N–C) groups is 1. The third-order valence-corrected chi connectivity index (χ3v) is 8.78. The topological polar surface area (TPSA) is 45.6 Å². The van der Waals surface area contributed by atoms with Gasteiger partial charge in [0.25, 0.3) is 5.91 Å². The quantitative estimate of drug-likeness (QED) is 0.372. The third kappa shape index (κ3) is 5.91. The van der Waals surface area contributed by atoms with Gasteiger partial charge in [-0.2, -0.15) is 0 Å². The summed E-state index contributed by atoms with van der Waals surface area (Å²) in [7, 11) is 0. The van der Waals surface area contributed by atoms with Gasteiger partial charge in [0.05, 0.1) is 16.8 Å². The van der Waals surface area contributed by atoms with Crippen molar-refractivity contribution >= 4 is 29.3 Å². The molecule has 0 bridgehead atoms. The number of nitrogens with zero attached hydrogens (tertiary/aromatic N) is 3. The van der Waals surface area contributed by atoms with E-state index in [-0.39, 0.29) is 22.8 Å². The van der Waals surface area contributed by atoms with Gasteiger partial charge in [0, 0.05) is 11.8 Å². The van der Waals surface area contributed by atoms with Crippen LogP contribution in [0.25, 0.3) is 6.08 Å². The number of benzene rings is 1. The first-order valence-electron chi connectivity index (χ1n) is 14.0. The standard InChI is InChI=1S/C33H44ClN3O/c1-9-27-26(34)20-24(21-35-27)29-30(38)37(33(36-29)18-14-25(15-19-33)32(6,7)8)28(16-17-31(3,4)5)23-12-10-22(2)11-13-23/h9-13,20-21,25,28H,1,14-19H2,2-8H3. The molecule has 1 aromatic carbocycles. The number of pyridine rings is 1. The molecular weight excluding hydrogens is 490 g/mol. The second-order valence-electron chi connectivity index (χ2n) is 13.6. The molecule has 0 N–H and O–H groups in total. The molecule has 1 amide bonds. The molecule has 1 aliphatic carbocycles. The smallest absolute Gasteiger partial charge is 0.275 e. The monoisotopic (exact) mass is 533 g/mol. The van der Waals surface area contributed by atoms with Crippen LogP contribution in [-0.4, -0.2) is 27.2 Å². The fourth-order valence-electron chi connectivity index (χ4n) is 6.06. The molecule has 1 atom stereocenters. The molecule has 0 saturated heterocycles. The van der Waals surface area contributed by atoms with E-state index in [0.29, 0.717) is 27.9 Å². The summed E-state index contributed by atoms with van der Waals surface area (Å²) >= 11 is 6.50. The minimum atomic E-state index is -0.550. The number of carbonyl (C=O) groups is 1. The van der Waals surface area contributed by atoms with Crippen LogP contribution in [0.3, 0.4) is 0 Å². The number of halogens is 1. The molecule has 0 radical (unpaired) electrons. The van der Waals surface area contributed by atoms with E-state index in [9.17, 15) is 4.79 Å². The summed E-state index contributed by atoms with van der Waals surface area (Å²) in [6, 6.07) is 10.5. The first-order valence-corrected chi connectivity index (χ1v) is 14.4. The van der Waals surface area contributed by atoms with E-state index in [1.165, 1.54) is 11.1 Å². The highest BCUT2D eigenvalue weighted by molar-refractivity contribution is 6.47. The van der Waals surface area contributed by atoms with Crippen molar-refractivity contribution in [2.24, 2.45) is 21.7 Å². The summed E-state index contributed by atoms with van der Waals surface area (Å²) in [5.74, 6) is 0.600. The molecule has 4 nitrogen and oxygen atoms in total. The van der Waals surface area contributed by atoms with Crippen molar-refractivity contribution in [2.45, 2.75) is 98.7 Å². The van der Waals surface area contributed by atoms with Crippen LogP contribution in [0.4, 0.5) is 0 Å². The van der Waals surface area contributed by atoms with Crippen LogP contribution in [-0.2, 0) is 4.79 Å². The van der Waals surface area contributed by atoms with Crippen molar-refractivity contribution in [1.82, 2.24) is 9.88 Å².